The summed E-state index contributed by atoms with van der Waals surface area (Å²) in [5.41, 5.74) is 0.974. The first-order valence-corrected chi connectivity index (χ1v) is 9.16. The zero-order valence-electron chi connectivity index (χ0n) is 15.4. The molecule has 3 nitrogen and oxygen atoms in total. The van der Waals surface area contributed by atoms with Crippen LogP contribution in [0.5, 0.6) is 5.75 Å². The van der Waals surface area contributed by atoms with Crippen LogP contribution in [0.25, 0.3) is 0 Å². The van der Waals surface area contributed by atoms with Gasteiger partial charge in [0.1, 0.15) is 5.75 Å². The molecule has 0 unspecified atom stereocenters. The number of phenols is 1. The van der Waals surface area contributed by atoms with E-state index in [1.54, 1.807) is 18.2 Å². The average Bonchev–Trinajstić information content (AvgIpc) is 2.64. The third-order valence-corrected chi connectivity index (χ3v) is 4.54. The van der Waals surface area contributed by atoms with E-state index in [1.165, 1.54) is 6.08 Å². The van der Waals surface area contributed by atoms with Gasteiger partial charge in [0.05, 0.1) is 5.57 Å². The lowest BCUT2D eigenvalue weighted by Crippen LogP contribution is -2.47. The summed E-state index contributed by atoms with van der Waals surface area (Å²) < 4.78 is 39.3. The number of alkyl halides is 3. The molecule has 0 radical (unpaired) electrons. The normalized spacial score (nSPS) is 18.6. The lowest BCUT2D eigenvalue weighted by Gasteiger charge is -2.37. The lowest BCUT2D eigenvalue weighted by atomic mass is 9.96. The smallest absolute Gasteiger partial charge is 0.416 e. The van der Waals surface area contributed by atoms with Gasteiger partial charge in [-0.05, 0) is 42.7 Å². The Bertz CT molecular complexity index is 627. The zero-order chi connectivity index (χ0) is 19.2. The van der Waals surface area contributed by atoms with Crippen LogP contribution in [-0.2, 0) is 0 Å². The van der Waals surface area contributed by atoms with Crippen LogP contribution < -0.4 is 4.90 Å². The van der Waals surface area contributed by atoms with Gasteiger partial charge < -0.3 is 10.0 Å². The first-order valence-electron chi connectivity index (χ1n) is 9.16. The van der Waals surface area contributed by atoms with Gasteiger partial charge in [-0.15, -0.1) is 0 Å². The van der Waals surface area contributed by atoms with Crippen LogP contribution >= 0.6 is 0 Å². The van der Waals surface area contributed by atoms with E-state index in [4.69, 9.17) is 0 Å². The molecule has 1 N–H and O–H groups in total. The van der Waals surface area contributed by atoms with Gasteiger partial charge in [0.2, 0.25) is 0 Å². The summed E-state index contributed by atoms with van der Waals surface area (Å²) in [5.74, 6) is 0.230. The van der Waals surface area contributed by atoms with Crippen molar-refractivity contribution >= 4 is 5.69 Å². The van der Waals surface area contributed by atoms with Gasteiger partial charge >= 0.3 is 6.18 Å². The number of halogens is 3. The fourth-order valence-electron chi connectivity index (χ4n) is 3.24. The first kappa shape index (κ1) is 20.4. The van der Waals surface area contributed by atoms with Crippen molar-refractivity contribution in [3.63, 3.8) is 0 Å². The van der Waals surface area contributed by atoms with Crippen LogP contribution in [-0.4, -0.2) is 48.9 Å². The second-order valence-electron chi connectivity index (χ2n) is 6.20. The number of rotatable bonds is 3. The van der Waals surface area contributed by atoms with Gasteiger partial charge in [-0.2, -0.15) is 13.2 Å². The summed E-state index contributed by atoms with van der Waals surface area (Å²) in [7, 11) is 0. The van der Waals surface area contributed by atoms with Gasteiger partial charge in [-0.3, -0.25) is 4.90 Å². The summed E-state index contributed by atoms with van der Waals surface area (Å²) >= 11 is 0. The molecule has 1 heterocycles. The molecule has 1 fully saturated rings. The number of hydrogen-bond donors (Lipinski definition) is 1. The number of piperazine rings is 1. The molecule has 1 aliphatic heterocycles. The fourth-order valence-corrected chi connectivity index (χ4v) is 3.24. The van der Waals surface area contributed by atoms with E-state index in [-0.39, 0.29) is 5.75 Å². The number of anilines is 1. The van der Waals surface area contributed by atoms with Crippen LogP contribution in [0.4, 0.5) is 18.9 Å². The van der Waals surface area contributed by atoms with Crippen LogP contribution in [0, 0.1) is 0 Å². The minimum atomic E-state index is -4.26. The fraction of sp³-hybridized carbons (Fsp3) is 0.500. The Morgan fingerprint density at radius 2 is 1.50 bits per heavy atom. The molecule has 1 aromatic carbocycles. The third-order valence-electron chi connectivity index (χ3n) is 4.54. The molecule has 6 heteroatoms. The van der Waals surface area contributed by atoms with Crippen LogP contribution in [0.3, 0.4) is 0 Å². The molecule has 0 spiro atoms. The minimum Gasteiger partial charge on any atom is -0.508 e. The van der Waals surface area contributed by atoms with Crippen molar-refractivity contribution in [2.24, 2.45) is 0 Å². The monoisotopic (exact) mass is 368 g/mol. The number of allylic oxidation sites excluding steroid dienone is 2. The van der Waals surface area contributed by atoms with Crippen molar-refractivity contribution in [3.8, 4) is 5.75 Å². The first-order chi connectivity index (χ1) is 12.4. The Labute approximate surface area is 153 Å². The minimum absolute atomic E-state index is 0.230. The second-order valence-corrected chi connectivity index (χ2v) is 6.20. The molecule has 1 saturated heterocycles. The van der Waals surface area contributed by atoms with Crippen molar-refractivity contribution in [1.29, 1.82) is 0 Å². The van der Waals surface area contributed by atoms with Gasteiger partial charge in [-0.1, -0.05) is 26.0 Å². The van der Waals surface area contributed by atoms with Gasteiger partial charge in [0.25, 0.3) is 0 Å². The average molecular weight is 368 g/mol. The van der Waals surface area contributed by atoms with Crippen molar-refractivity contribution in [2.75, 3.05) is 37.6 Å². The summed E-state index contributed by atoms with van der Waals surface area (Å²) in [6.45, 7) is 7.34. The highest BCUT2D eigenvalue weighted by atomic mass is 19.4. The molecule has 3 rings (SSSR count). The molecular formula is C20H27F3N2O. The lowest BCUT2D eigenvalue weighted by molar-refractivity contribution is -0.0902. The van der Waals surface area contributed by atoms with Crippen molar-refractivity contribution in [3.05, 3.63) is 47.6 Å². The molecule has 144 valence electrons. The van der Waals surface area contributed by atoms with Gasteiger partial charge in [0.15, 0.2) is 0 Å². The molecule has 26 heavy (non-hydrogen) atoms. The Balaban J connectivity index is 0.00000117. The number of hydrogen-bond acceptors (Lipinski definition) is 3. The predicted molar refractivity (Wildman–Crippen MR) is 99.6 cm³/mol. The SMILES string of the molecule is CC.Oc1ccc(N2CCN(CC3=CCCC=C3C(F)(F)F)CC2)cc1. The van der Waals surface area contributed by atoms with Gasteiger partial charge in [-0.25, -0.2) is 0 Å². The van der Waals surface area contributed by atoms with E-state index in [1.807, 2.05) is 26.0 Å². The highest BCUT2D eigenvalue weighted by Crippen LogP contribution is 2.35. The van der Waals surface area contributed by atoms with E-state index >= 15 is 0 Å². The third kappa shape index (κ3) is 5.27. The highest BCUT2D eigenvalue weighted by Gasteiger charge is 2.36. The molecule has 0 atom stereocenters. The Kier molecular flexibility index (Phi) is 7.14. The van der Waals surface area contributed by atoms with Crippen molar-refractivity contribution < 1.29 is 18.3 Å². The topological polar surface area (TPSA) is 26.7 Å². The number of benzene rings is 1. The van der Waals surface area contributed by atoms with Crippen LogP contribution in [0.15, 0.2) is 47.6 Å². The molecule has 0 saturated carbocycles. The van der Waals surface area contributed by atoms with E-state index in [9.17, 15) is 18.3 Å². The van der Waals surface area contributed by atoms with E-state index in [0.29, 0.717) is 25.0 Å². The highest BCUT2D eigenvalue weighted by molar-refractivity contribution is 5.49. The summed E-state index contributed by atoms with van der Waals surface area (Å²) in [6, 6.07) is 7.02. The zero-order valence-corrected chi connectivity index (χ0v) is 15.4. The standard InChI is InChI=1S/C18H21F3N2O.C2H6/c19-18(20,21)17-4-2-1-3-14(17)13-22-9-11-23(12-10-22)15-5-7-16(24)8-6-15;1-2/h3-8,24H,1-2,9-13H2;1-2H3. The molecule has 0 amide bonds. The largest absolute Gasteiger partial charge is 0.508 e. The Hall–Kier alpha value is -1.95. The number of aromatic hydroxyl groups is 1. The Morgan fingerprint density at radius 3 is 2.08 bits per heavy atom. The summed E-state index contributed by atoms with van der Waals surface area (Å²) in [6.07, 6.45) is -0.0628. The van der Waals surface area contributed by atoms with Crippen LogP contribution in [0.1, 0.15) is 26.7 Å². The predicted octanol–water partition coefficient (Wildman–Crippen LogP) is 4.75. The Morgan fingerprint density at radius 1 is 0.923 bits per heavy atom. The van der Waals surface area contributed by atoms with Crippen molar-refractivity contribution in [2.45, 2.75) is 32.9 Å². The van der Waals surface area contributed by atoms with E-state index < -0.39 is 11.7 Å². The number of nitrogens with zero attached hydrogens (tertiary/aromatic N) is 2. The molecule has 2 aliphatic rings. The van der Waals surface area contributed by atoms with Crippen LogP contribution in [0.2, 0.25) is 0 Å². The maximum absolute atomic E-state index is 13.1. The quantitative estimate of drug-likeness (QED) is 0.834. The number of phenolic OH excluding ortho intramolecular Hbond substituents is 1. The molecule has 0 bridgehead atoms. The second kappa shape index (κ2) is 9.12. The van der Waals surface area contributed by atoms with E-state index in [2.05, 4.69) is 9.80 Å². The van der Waals surface area contributed by atoms with Gasteiger partial charge in [0, 0.05) is 38.4 Å². The molecule has 1 aliphatic carbocycles. The summed E-state index contributed by atoms with van der Waals surface area (Å²) in [5, 5.41) is 9.34. The molecular weight excluding hydrogens is 341 g/mol. The molecule has 0 aromatic heterocycles. The maximum atomic E-state index is 13.1. The van der Waals surface area contributed by atoms with Crippen molar-refractivity contribution in [1.82, 2.24) is 4.90 Å². The van der Waals surface area contributed by atoms with E-state index in [0.717, 1.165) is 31.9 Å². The molecule has 1 aromatic rings. The summed E-state index contributed by atoms with van der Waals surface area (Å²) in [4.78, 5) is 4.26. The maximum Gasteiger partial charge on any atom is 0.416 e.